The fourth-order valence-electron chi connectivity index (χ4n) is 1.52. The Kier molecular flexibility index (Phi) is 4.49. The van der Waals surface area contributed by atoms with E-state index in [1.54, 1.807) is 12.4 Å². The first-order valence-corrected chi connectivity index (χ1v) is 5.56. The first-order chi connectivity index (χ1) is 7.50. The smallest absolute Gasteiger partial charge is 0.237 e. The Bertz CT molecular complexity index is 321. The van der Waals surface area contributed by atoms with E-state index in [4.69, 9.17) is 5.73 Å². The highest BCUT2D eigenvalue weighted by Gasteiger charge is 2.18. The van der Waals surface area contributed by atoms with Gasteiger partial charge in [-0.15, -0.1) is 0 Å². The number of nitrogens with one attached hydrogen (secondary N) is 2. The zero-order valence-corrected chi connectivity index (χ0v) is 10.0. The van der Waals surface area contributed by atoms with Gasteiger partial charge in [-0.1, -0.05) is 13.8 Å². The van der Waals surface area contributed by atoms with Crippen molar-refractivity contribution >= 4 is 5.91 Å². The first kappa shape index (κ1) is 12.7. The largest absolute Gasteiger partial charge is 0.347 e. The first-order valence-electron chi connectivity index (χ1n) is 5.56. The fourth-order valence-corrected chi connectivity index (χ4v) is 1.52. The molecular weight excluding hydrogens is 204 g/mol. The summed E-state index contributed by atoms with van der Waals surface area (Å²) in [5.74, 6) is 1.03. The van der Waals surface area contributed by atoms with Crippen LogP contribution in [0.4, 0.5) is 0 Å². The van der Waals surface area contributed by atoms with Gasteiger partial charge in [-0.25, -0.2) is 4.98 Å². The molecule has 0 bridgehead atoms. The van der Waals surface area contributed by atoms with Crippen molar-refractivity contribution in [2.45, 2.75) is 39.3 Å². The van der Waals surface area contributed by atoms with Crippen LogP contribution in [0.3, 0.4) is 0 Å². The van der Waals surface area contributed by atoms with Gasteiger partial charge in [0.2, 0.25) is 5.91 Å². The summed E-state index contributed by atoms with van der Waals surface area (Å²) in [5.41, 5.74) is 5.78. The molecule has 90 valence electrons. The van der Waals surface area contributed by atoms with Crippen molar-refractivity contribution < 1.29 is 4.79 Å². The van der Waals surface area contributed by atoms with Gasteiger partial charge < -0.3 is 16.0 Å². The van der Waals surface area contributed by atoms with E-state index in [9.17, 15) is 4.79 Å². The van der Waals surface area contributed by atoms with E-state index in [0.29, 0.717) is 12.3 Å². The Labute approximate surface area is 95.8 Å². The van der Waals surface area contributed by atoms with Gasteiger partial charge >= 0.3 is 0 Å². The number of aromatic nitrogens is 2. The highest BCUT2D eigenvalue weighted by Crippen LogP contribution is 2.07. The number of carbonyl (C=O) groups is 1. The van der Waals surface area contributed by atoms with E-state index in [1.165, 1.54) is 0 Å². The molecule has 0 radical (unpaired) electrons. The Balaban J connectivity index is 2.45. The Morgan fingerprint density at radius 2 is 2.25 bits per heavy atom. The van der Waals surface area contributed by atoms with Crippen LogP contribution < -0.4 is 11.1 Å². The molecule has 1 rings (SSSR count). The van der Waals surface area contributed by atoms with Crippen LogP contribution in [-0.2, 0) is 4.79 Å². The number of imidazole rings is 1. The Morgan fingerprint density at radius 3 is 2.75 bits per heavy atom. The van der Waals surface area contributed by atoms with E-state index >= 15 is 0 Å². The zero-order valence-electron chi connectivity index (χ0n) is 10.0. The summed E-state index contributed by atoms with van der Waals surface area (Å²) in [7, 11) is 0. The predicted octanol–water partition coefficient (Wildman–Crippen LogP) is 0.960. The number of nitrogens with two attached hydrogens (primary N) is 1. The Morgan fingerprint density at radius 1 is 1.56 bits per heavy atom. The van der Waals surface area contributed by atoms with Gasteiger partial charge in [0.05, 0.1) is 12.1 Å². The molecule has 1 aromatic heterocycles. The van der Waals surface area contributed by atoms with Gasteiger partial charge in [-0.3, -0.25) is 4.79 Å². The van der Waals surface area contributed by atoms with E-state index in [0.717, 1.165) is 5.82 Å². The van der Waals surface area contributed by atoms with E-state index < -0.39 is 6.04 Å². The highest BCUT2D eigenvalue weighted by atomic mass is 16.2. The van der Waals surface area contributed by atoms with Crippen LogP contribution in [0.5, 0.6) is 0 Å². The van der Waals surface area contributed by atoms with Crippen molar-refractivity contribution in [3.8, 4) is 0 Å². The van der Waals surface area contributed by atoms with Crippen LogP contribution in [0.25, 0.3) is 0 Å². The maximum Gasteiger partial charge on any atom is 0.237 e. The molecule has 2 unspecified atom stereocenters. The molecule has 0 aliphatic heterocycles. The second-order valence-electron chi connectivity index (χ2n) is 4.44. The second-order valence-corrected chi connectivity index (χ2v) is 4.44. The van der Waals surface area contributed by atoms with Crippen molar-refractivity contribution in [3.05, 3.63) is 18.2 Å². The average molecular weight is 224 g/mol. The summed E-state index contributed by atoms with van der Waals surface area (Å²) >= 11 is 0. The summed E-state index contributed by atoms with van der Waals surface area (Å²) in [5, 5.41) is 2.83. The molecule has 1 aromatic rings. The second kappa shape index (κ2) is 5.65. The minimum absolute atomic E-state index is 0.127. The number of nitrogens with zero attached hydrogens (tertiary/aromatic N) is 1. The molecule has 0 aliphatic carbocycles. The summed E-state index contributed by atoms with van der Waals surface area (Å²) < 4.78 is 0. The third kappa shape index (κ3) is 3.66. The predicted molar refractivity (Wildman–Crippen MR) is 62.6 cm³/mol. The maximum absolute atomic E-state index is 11.7. The number of hydrogen-bond donors (Lipinski definition) is 3. The molecule has 0 saturated heterocycles. The molecule has 16 heavy (non-hydrogen) atoms. The molecule has 1 amide bonds. The molecule has 1 heterocycles. The number of hydrogen-bond acceptors (Lipinski definition) is 3. The third-order valence-electron chi connectivity index (χ3n) is 2.35. The molecule has 4 N–H and O–H groups in total. The minimum atomic E-state index is -0.447. The number of carbonyl (C=O) groups excluding carboxylic acids is 1. The average Bonchev–Trinajstić information content (AvgIpc) is 2.68. The monoisotopic (exact) mass is 224 g/mol. The molecule has 5 heteroatoms. The molecule has 0 aliphatic rings. The Hall–Kier alpha value is -1.36. The number of amides is 1. The van der Waals surface area contributed by atoms with Crippen molar-refractivity contribution in [1.29, 1.82) is 0 Å². The molecule has 0 spiro atoms. The van der Waals surface area contributed by atoms with E-state index in [1.807, 2.05) is 20.8 Å². The maximum atomic E-state index is 11.7. The van der Waals surface area contributed by atoms with Crippen LogP contribution in [-0.4, -0.2) is 21.9 Å². The quantitative estimate of drug-likeness (QED) is 0.696. The van der Waals surface area contributed by atoms with Crippen LogP contribution in [0.1, 0.15) is 39.1 Å². The lowest BCUT2D eigenvalue weighted by atomic mass is 10.0. The normalized spacial score (nSPS) is 14.8. The summed E-state index contributed by atoms with van der Waals surface area (Å²) in [6.45, 7) is 5.96. The third-order valence-corrected chi connectivity index (χ3v) is 2.35. The minimum Gasteiger partial charge on any atom is -0.347 e. The topological polar surface area (TPSA) is 83.8 Å². The SMILES string of the molecule is CC(C)CC(N)C(=O)NC(C)c1ncc[nH]1. The molecule has 5 nitrogen and oxygen atoms in total. The van der Waals surface area contributed by atoms with E-state index in [2.05, 4.69) is 15.3 Å². The van der Waals surface area contributed by atoms with Crippen molar-refractivity contribution in [3.63, 3.8) is 0 Å². The van der Waals surface area contributed by atoms with E-state index in [-0.39, 0.29) is 11.9 Å². The van der Waals surface area contributed by atoms with Crippen LogP contribution >= 0.6 is 0 Å². The molecule has 0 saturated carbocycles. The summed E-state index contributed by atoms with van der Waals surface area (Å²) in [6, 6.07) is -0.585. The molecule has 2 atom stereocenters. The van der Waals surface area contributed by atoms with Gasteiger partial charge in [0.1, 0.15) is 5.82 Å². The lowest BCUT2D eigenvalue weighted by Crippen LogP contribution is -2.42. The molecule has 0 aromatic carbocycles. The van der Waals surface area contributed by atoms with Gasteiger partial charge in [0, 0.05) is 12.4 Å². The van der Waals surface area contributed by atoms with Gasteiger partial charge in [-0.2, -0.15) is 0 Å². The van der Waals surface area contributed by atoms with Gasteiger partial charge in [0.15, 0.2) is 0 Å². The van der Waals surface area contributed by atoms with Crippen molar-refractivity contribution in [2.24, 2.45) is 11.7 Å². The molecule has 0 fully saturated rings. The van der Waals surface area contributed by atoms with Crippen molar-refractivity contribution in [1.82, 2.24) is 15.3 Å². The number of H-pyrrole nitrogens is 1. The zero-order chi connectivity index (χ0) is 12.1. The lowest BCUT2D eigenvalue weighted by Gasteiger charge is -2.17. The number of aromatic amines is 1. The standard InChI is InChI=1S/C11H20N4O/c1-7(2)6-9(12)11(16)15-8(3)10-13-4-5-14-10/h4-5,7-9H,6,12H2,1-3H3,(H,13,14)(H,15,16). The molecular formula is C11H20N4O. The van der Waals surface area contributed by atoms with Crippen molar-refractivity contribution in [2.75, 3.05) is 0 Å². The van der Waals surface area contributed by atoms with Gasteiger partial charge in [0.25, 0.3) is 0 Å². The number of rotatable bonds is 5. The van der Waals surface area contributed by atoms with Crippen LogP contribution in [0.2, 0.25) is 0 Å². The summed E-state index contributed by atoms with van der Waals surface area (Å²) in [4.78, 5) is 18.7. The van der Waals surface area contributed by atoms with Gasteiger partial charge in [-0.05, 0) is 19.3 Å². The highest BCUT2D eigenvalue weighted by molar-refractivity contribution is 5.81. The fraction of sp³-hybridized carbons (Fsp3) is 0.636. The van der Waals surface area contributed by atoms with Crippen LogP contribution in [0.15, 0.2) is 12.4 Å². The lowest BCUT2D eigenvalue weighted by molar-refractivity contribution is -0.123. The summed E-state index contributed by atoms with van der Waals surface area (Å²) in [6.07, 6.45) is 4.08. The van der Waals surface area contributed by atoms with Crippen LogP contribution in [0, 0.1) is 5.92 Å².